The summed E-state index contributed by atoms with van der Waals surface area (Å²) in [7, 11) is -3.41. The number of carboxylic acid groups (broad SMARTS) is 1. The molecule has 1 N–H and O–H groups in total. The maximum absolute atomic E-state index is 11.8. The molecule has 18 heavy (non-hydrogen) atoms. The standard InChI is InChI=1S/C13H16O4S/c1-18(16,17)11-7-3-2-6-10(11)13(12(14)15)8-4-5-9-13/h2-3,6-7H,4-5,8-9H2,1H3,(H,14,15). The number of benzene rings is 1. The second-order valence-electron chi connectivity index (χ2n) is 4.86. The fraction of sp³-hybridized carbons (Fsp3) is 0.462. The molecule has 0 bridgehead atoms. The molecule has 4 nitrogen and oxygen atoms in total. The predicted octanol–water partition coefficient (Wildman–Crippen LogP) is 1.99. The molecule has 1 aliphatic carbocycles. The van der Waals surface area contributed by atoms with Crippen LogP contribution in [-0.4, -0.2) is 25.7 Å². The summed E-state index contributed by atoms with van der Waals surface area (Å²) in [5, 5.41) is 9.51. The summed E-state index contributed by atoms with van der Waals surface area (Å²) in [5.41, 5.74) is -0.586. The molecule has 1 saturated carbocycles. The summed E-state index contributed by atoms with van der Waals surface area (Å²) >= 11 is 0. The van der Waals surface area contributed by atoms with E-state index >= 15 is 0 Å². The molecule has 0 atom stereocenters. The Morgan fingerprint density at radius 3 is 2.28 bits per heavy atom. The molecule has 1 aromatic carbocycles. The smallest absolute Gasteiger partial charge is 0.314 e. The number of sulfone groups is 1. The lowest BCUT2D eigenvalue weighted by molar-refractivity contribution is -0.143. The first-order chi connectivity index (χ1) is 8.38. The van der Waals surface area contributed by atoms with Crippen molar-refractivity contribution in [1.82, 2.24) is 0 Å². The summed E-state index contributed by atoms with van der Waals surface area (Å²) in [6.07, 6.45) is 3.79. The van der Waals surface area contributed by atoms with E-state index in [9.17, 15) is 18.3 Å². The number of carboxylic acids is 1. The van der Waals surface area contributed by atoms with Crippen molar-refractivity contribution in [3.63, 3.8) is 0 Å². The van der Waals surface area contributed by atoms with Gasteiger partial charge in [-0.2, -0.15) is 0 Å². The molecule has 5 heteroatoms. The minimum absolute atomic E-state index is 0.148. The lowest BCUT2D eigenvalue weighted by Crippen LogP contribution is -2.34. The van der Waals surface area contributed by atoms with Crippen LogP contribution in [0.3, 0.4) is 0 Å². The summed E-state index contributed by atoms with van der Waals surface area (Å²) in [5.74, 6) is -0.920. The molecule has 0 heterocycles. The van der Waals surface area contributed by atoms with Gasteiger partial charge in [-0.1, -0.05) is 31.0 Å². The number of carbonyl (C=O) groups is 1. The second-order valence-corrected chi connectivity index (χ2v) is 6.85. The zero-order valence-corrected chi connectivity index (χ0v) is 11.0. The minimum atomic E-state index is -3.41. The van der Waals surface area contributed by atoms with Gasteiger partial charge in [0.05, 0.1) is 10.3 Å². The highest BCUT2D eigenvalue weighted by atomic mass is 32.2. The molecule has 2 rings (SSSR count). The molecule has 0 unspecified atom stereocenters. The third-order valence-corrected chi connectivity index (χ3v) is 4.82. The highest BCUT2D eigenvalue weighted by Crippen LogP contribution is 2.43. The van der Waals surface area contributed by atoms with E-state index in [1.807, 2.05) is 0 Å². The van der Waals surface area contributed by atoms with Crippen molar-refractivity contribution in [2.45, 2.75) is 36.0 Å². The van der Waals surface area contributed by atoms with E-state index in [1.165, 1.54) is 6.07 Å². The maximum atomic E-state index is 11.8. The van der Waals surface area contributed by atoms with Crippen molar-refractivity contribution >= 4 is 15.8 Å². The largest absolute Gasteiger partial charge is 0.481 e. The van der Waals surface area contributed by atoms with Crippen molar-refractivity contribution in [2.75, 3.05) is 6.26 Å². The molecule has 98 valence electrons. The molecule has 1 aromatic rings. The van der Waals surface area contributed by atoms with Crippen LogP contribution in [0.5, 0.6) is 0 Å². The van der Waals surface area contributed by atoms with Crippen LogP contribution in [0.1, 0.15) is 31.2 Å². The van der Waals surface area contributed by atoms with E-state index in [-0.39, 0.29) is 4.90 Å². The molecule has 0 spiro atoms. The van der Waals surface area contributed by atoms with Gasteiger partial charge in [0.1, 0.15) is 0 Å². The second kappa shape index (κ2) is 4.39. The lowest BCUT2D eigenvalue weighted by Gasteiger charge is -2.26. The Morgan fingerprint density at radius 2 is 1.78 bits per heavy atom. The van der Waals surface area contributed by atoms with Gasteiger partial charge in [0, 0.05) is 6.26 Å². The van der Waals surface area contributed by atoms with Gasteiger partial charge in [-0.15, -0.1) is 0 Å². The number of hydrogen-bond donors (Lipinski definition) is 1. The summed E-state index contributed by atoms with van der Waals surface area (Å²) < 4.78 is 23.6. The predicted molar refractivity (Wildman–Crippen MR) is 67.3 cm³/mol. The molecule has 0 radical (unpaired) electrons. The molecular formula is C13H16O4S. The number of rotatable bonds is 3. The van der Waals surface area contributed by atoms with Gasteiger partial charge in [0.2, 0.25) is 0 Å². The molecular weight excluding hydrogens is 252 g/mol. The lowest BCUT2D eigenvalue weighted by atomic mass is 9.79. The highest BCUT2D eigenvalue weighted by Gasteiger charge is 2.45. The molecule has 0 aromatic heterocycles. The maximum Gasteiger partial charge on any atom is 0.314 e. The van der Waals surface area contributed by atoms with Crippen molar-refractivity contribution < 1.29 is 18.3 Å². The normalized spacial score (nSPS) is 18.7. The van der Waals surface area contributed by atoms with Crippen molar-refractivity contribution in [2.24, 2.45) is 0 Å². The quantitative estimate of drug-likeness (QED) is 0.910. The summed E-state index contributed by atoms with van der Waals surface area (Å²) in [6.45, 7) is 0. The zero-order valence-electron chi connectivity index (χ0n) is 10.2. The van der Waals surface area contributed by atoms with Crippen molar-refractivity contribution in [3.05, 3.63) is 29.8 Å². The van der Waals surface area contributed by atoms with Gasteiger partial charge in [0.15, 0.2) is 9.84 Å². The Balaban J connectivity index is 2.67. The van der Waals surface area contributed by atoms with E-state index < -0.39 is 21.2 Å². The molecule has 1 fully saturated rings. The van der Waals surface area contributed by atoms with Gasteiger partial charge < -0.3 is 5.11 Å². The minimum Gasteiger partial charge on any atom is -0.481 e. The first-order valence-corrected chi connectivity index (χ1v) is 7.80. The van der Waals surface area contributed by atoms with Gasteiger partial charge in [-0.3, -0.25) is 4.79 Å². The Labute approximate surface area is 107 Å². The van der Waals surface area contributed by atoms with E-state index in [0.29, 0.717) is 18.4 Å². The Bertz CT molecular complexity index is 568. The monoisotopic (exact) mass is 268 g/mol. The molecule has 1 aliphatic rings. The Hall–Kier alpha value is -1.36. The first-order valence-electron chi connectivity index (χ1n) is 5.91. The van der Waals surface area contributed by atoms with Crippen LogP contribution in [0.2, 0.25) is 0 Å². The van der Waals surface area contributed by atoms with Crippen LogP contribution in [-0.2, 0) is 20.0 Å². The van der Waals surface area contributed by atoms with Crippen LogP contribution in [0, 0.1) is 0 Å². The SMILES string of the molecule is CS(=O)(=O)c1ccccc1C1(C(=O)O)CCCC1. The van der Waals surface area contributed by atoms with Crippen LogP contribution < -0.4 is 0 Å². The fourth-order valence-corrected chi connectivity index (χ4v) is 3.75. The third kappa shape index (κ3) is 2.03. The summed E-state index contributed by atoms with van der Waals surface area (Å²) in [4.78, 5) is 11.8. The fourth-order valence-electron chi connectivity index (χ4n) is 2.76. The van der Waals surface area contributed by atoms with E-state index in [1.54, 1.807) is 18.2 Å². The van der Waals surface area contributed by atoms with Crippen LogP contribution in [0.15, 0.2) is 29.2 Å². The van der Waals surface area contributed by atoms with E-state index in [4.69, 9.17) is 0 Å². The van der Waals surface area contributed by atoms with Gasteiger partial charge in [-0.05, 0) is 24.5 Å². The topological polar surface area (TPSA) is 71.4 Å². The van der Waals surface area contributed by atoms with Crippen molar-refractivity contribution in [1.29, 1.82) is 0 Å². The van der Waals surface area contributed by atoms with E-state index in [2.05, 4.69) is 0 Å². The summed E-state index contributed by atoms with van der Waals surface area (Å²) in [6, 6.07) is 6.46. The van der Waals surface area contributed by atoms with Gasteiger partial charge >= 0.3 is 5.97 Å². The molecule has 0 aliphatic heterocycles. The molecule has 0 amide bonds. The first kappa shape index (κ1) is 13.1. The van der Waals surface area contributed by atoms with Crippen LogP contribution in [0.4, 0.5) is 0 Å². The molecule has 0 saturated heterocycles. The van der Waals surface area contributed by atoms with Crippen LogP contribution in [0.25, 0.3) is 0 Å². The zero-order chi connectivity index (χ0) is 13.4. The average Bonchev–Trinajstić information content (AvgIpc) is 2.78. The van der Waals surface area contributed by atoms with E-state index in [0.717, 1.165) is 19.1 Å². The Kier molecular flexibility index (Phi) is 3.19. The van der Waals surface area contributed by atoms with Crippen LogP contribution >= 0.6 is 0 Å². The van der Waals surface area contributed by atoms with Crippen molar-refractivity contribution in [3.8, 4) is 0 Å². The van der Waals surface area contributed by atoms with Gasteiger partial charge in [-0.25, -0.2) is 8.42 Å². The van der Waals surface area contributed by atoms with Gasteiger partial charge in [0.25, 0.3) is 0 Å². The number of aliphatic carboxylic acids is 1. The highest BCUT2D eigenvalue weighted by molar-refractivity contribution is 7.90. The average molecular weight is 268 g/mol. The number of hydrogen-bond acceptors (Lipinski definition) is 3. The third-order valence-electron chi connectivity index (χ3n) is 3.67. The Morgan fingerprint density at radius 1 is 1.22 bits per heavy atom.